The highest BCUT2D eigenvalue weighted by atomic mass is 16.2. The molecule has 0 spiro atoms. The van der Waals surface area contributed by atoms with E-state index in [2.05, 4.69) is 35.7 Å². The van der Waals surface area contributed by atoms with Crippen LogP contribution in [0.3, 0.4) is 0 Å². The van der Waals surface area contributed by atoms with Crippen LogP contribution in [0, 0.1) is 0 Å². The van der Waals surface area contributed by atoms with Gasteiger partial charge in [0.05, 0.1) is 6.54 Å². The highest BCUT2D eigenvalue weighted by Gasteiger charge is 2.27. The largest absolute Gasteiger partial charge is 0.333 e. The fraction of sp³-hybridized carbons (Fsp3) is 0.500. The van der Waals surface area contributed by atoms with Gasteiger partial charge in [-0.25, -0.2) is 4.98 Å². The Balaban J connectivity index is 1.98. The van der Waals surface area contributed by atoms with E-state index in [1.54, 1.807) is 11.0 Å². The molecule has 1 aromatic heterocycles. The molecule has 1 aliphatic rings. The van der Waals surface area contributed by atoms with Crippen LogP contribution in [0.4, 0.5) is 0 Å². The van der Waals surface area contributed by atoms with Crippen LogP contribution in [0.1, 0.15) is 26.2 Å². The van der Waals surface area contributed by atoms with Crippen molar-refractivity contribution in [1.29, 1.82) is 0 Å². The Morgan fingerprint density at radius 1 is 1.58 bits per heavy atom. The molecule has 19 heavy (non-hydrogen) atoms. The molecule has 0 aliphatic carbocycles. The fourth-order valence-electron chi connectivity index (χ4n) is 2.49. The summed E-state index contributed by atoms with van der Waals surface area (Å²) in [5.41, 5.74) is 0. The molecule has 0 N–H and O–H groups in total. The van der Waals surface area contributed by atoms with Crippen molar-refractivity contribution in [2.45, 2.75) is 44.8 Å². The molecule has 1 aliphatic heterocycles. The van der Waals surface area contributed by atoms with Crippen LogP contribution < -0.4 is 0 Å². The number of rotatable bonds is 5. The van der Waals surface area contributed by atoms with Gasteiger partial charge in [-0.2, -0.15) is 5.10 Å². The molecule has 2 atom stereocenters. The second-order valence-corrected chi connectivity index (χ2v) is 4.79. The van der Waals surface area contributed by atoms with Gasteiger partial charge in [0.15, 0.2) is 0 Å². The number of hydrogen-bond acceptors (Lipinski definition) is 3. The van der Waals surface area contributed by atoms with Gasteiger partial charge in [-0.3, -0.25) is 9.48 Å². The van der Waals surface area contributed by atoms with Crippen molar-refractivity contribution in [1.82, 2.24) is 19.7 Å². The van der Waals surface area contributed by atoms with Gasteiger partial charge in [0.1, 0.15) is 12.7 Å². The third kappa shape index (κ3) is 3.30. The summed E-state index contributed by atoms with van der Waals surface area (Å²) in [7, 11) is 0. The van der Waals surface area contributed by atoms with Crippen molar-refractivity contribution in [3.05, 3.63) is 37.5 Å². The second kappa shape index (κ2) is 6.31. The average Bonchev–Trinajstić information content (AvgIpc) is 2.90. The van der Waals surface area contributed by atoms with Gasteiger partial charge in [0.25, 0.3) is 0 Å². The van der Waals surface area contributed by atoms with Gasteiger partial charge in [-0.1, -0.05) is 18.2 Å². The Hall–Kier alpha value is -1.91. The van der Waals surface area contributed by atoms with Crippen LogP contribution in [0.25, 0.3) is 0 Å². The zero-order valence-electron chi connectivity index (χ0n) is 11.3. The van der Waals surface area contributed by atoms with E-state index in [4.69, 9.17) is 0 Å². The molecule has 0 fully saturated rings. The molecule has 0 aromatic carbocycles. The summed E-state index contributed by atoms with van der Waals surface area (Å²) in [6, 6.07) is 0.391. The smallest absolute Gasteiger partial charge is 0.225 e. The fourth-order valence-corrected chi connectivity index (χ4v) is 2.49. The third-order valence-electron chi connectivity index (χ3n) is 3.40. The lowest BCUT2D eigenvalue weighted by molar-refractivity contribution is -0.135. The molecule has 2 rings (SSSR count). The minimum atomic E-state index is 0.155. The van der Waals surface area contributed by atoms with Crippen molar-refractivity contribution in [2.75, 3.05) is 0 Å². The standard InChI is InChI=1S/C14H20N4O/c1-3-5-13-7-4-6-12(2)18(13)14(19)8-9-17-11-15-10-16-17/h3-4,6,10-13H,1,5,7-9H2,2H3/t12-,13-/m1/s1. The van der Waals surface area contributed by atoms with Gasteiger partial charge in [-0.15, -0.1) is 6.58 Å². The van der Waals surface area contributed by atoms with Gasteiger partial charge in [0, 0.05) is 18.5 Å². The molecule has 2 heterocycles. The van der Waals surface area contributed by atoms with Gasteiger partial charge in [0.2, 0.25) is 5.91 Å². The molecule has 0 saturated carbocycles. The molecular formula is C14H20N4O. The lowest BCUT2D eigenvalue weighted by Gasteiger charge is -2.37. The first-order valence-electron chi connectivity index (χ1n) is 6.63. The Labute approximate surface area is 113 Å². The molecule has 5 nitrogen and oxygen atoms in total. The van der Waals surface area contributed by atoms with Crippen LogP contribution in [-0.4, -0.2) is 37.7 Å². The molecule has 102 valence electrons. The summed E-state index contributed by atoms with van der Waals surface area (Å²) in [4.78, 5) is 18.2. The van der Waals surface area contributed by atoms with E-state index < -0.39 is 0 Å². The maximum atomic E-state index is 12.4. The average molecular weight is 260 g/mol. The number of aromatic nitrogens is 3. The van der Waals surface area contributed by atoms with Crippen LogP contribution >= 0.6 is 0 Å². The summed E-state index contributed by atoms with van der Waals surface area (Å²) < 4.78 is 1.69. The second-order valence-electron chi connectivity index (χ2n) is 4.79. The third-order valence-corrected chi connectivity index (χ3v) is 3.40. The Morgan fingerprint density at radius 2 is 2.42 bits per heavy atom. The van der Waals surface area contributed by atoms with E-state index in [9.17, 15) is 4.79 Å². The van der Waals surface area contributed by atoms with Crippen LogP contribution in [-0.2, 0) is 11.3 Å². The lowest BCUT2D eigenvalue weighted by atomic mass is 10.00. The summed E-state index contributed by atoms with van der Waals surface area (Å²) in [5, 5.41) is 4.01. The van der Waals surface area contributed by atoms with Crippen molar-refractivity contribution >= 4 is 5.91 Å². The van der Waals surface area contributed by atoms with E-state index in [1.165, 1.54) is 6.33 Å². The lowest BCUT2D eigenvalue weighted by Crippen LogP contribution is -2.47. The van der Waals surface area contributed by atoms with Gasteiger partial charge in [-0.05, 0) is 19.8 Å². The van der Waals surface area contributed by atoms with Crippen LogP contribution in [0.2, 0.25) is 0 Å². The van der Waals surface area contributed by atoms with E-state index >= 15 is 0 Å². The van der Waals surface area contributed by atoms with Gasteiger partial charge >= 0.3 is 0 Å². The first-order valence-corrected chi connectivity index (χ1v) is 6.63. The number of hydrogen-bond donors (Lipinski definition) is 0. The number of carbonyl (C=O) groups is 1. The summed E-state index contributed by atoms with van der Waals surface area (Å²) >= 11 is 0. The Kier molecular flexibility index (Phi) is 4.49. The highest BCUT2D eigenvalue weighted by Crippen LogP contribution is 2.21. The Bertz CT molecular complexity index is 452. The molecule has 0 unspecified atom stereocenters. The number of nitrogens with zero attached hydrogens (tertiary/aromatic N) is 4. The van der Waals surface area contributed by atoms with Crippen LogP contribution in [0.15, 0.2) is 37.5 Å². The Morgan fingerprint density at radius 3 is 3.11 bits per heavy atom. The SMILES string of the molecule is C=CC[C@@H]1CC=C[C@@H](C)N1C(=O)CCn1cncn1. The van der Waals surface area contributed by atoms with E-state index in [0.717, 1.165) is 12.8 Å². The molecule has 1 aromatic rings. The van der Waals surface area contributed by atoms with E-state index in [1.807, 2.05) is 11.0 Å². The molecular weight excluding hydrogens is 240 g/mol. The molecule has 5 heteroatoms. The molecule has 0 bridgehead atoms. The zero-order chi connectivity index (χ0) is 13.7. The van der Waals surface area contributed by atoms with E-state index in [-0.39, 0.29) is 18.0 Å². The summed E-state index contributed by atoms with van der Waals surface area (Å²) in [6.45, 7) is 6.41. The van der Waals surface area contributed by atoms with Crippen molar-refractivity contribution in [3.63, 3.8) is 0 Å². The van der Waals surface area contributed by atoms with Crippen LogP contribution in [0.5, 0.6) is 0 Å². The normalized spacial score (nSPS) is 22.5. The van der Waals surface area contributed by atoms with E-state index in [0.29, 0.717) is 13.0 Å². The summed E-state index contributed by atoms with van der Waals surface area (Å²) in [6.07, 6.45) is 11.4. The zero-order valence-corrected chi connectivity index (χ0v) is 11.3. The summed E-state index contributed by atoms with van der Waals surface area (Å²) in [5.74, 6) is 0.166. The number of aryl methyl sites for hydroxylation is 1. The van der Waals surface area contributed by atoms with Crippen molar-refractivity contribution in [2.24, 2.45) is 0 Å². The predicted molar refractivity (Wildman–Crippen MR) is 73.3 cm³/mol. The predicted octanol–water partition coefficient (Wildman–Crippen LogP) is 1.79. The number of carbonyl (C=O) groups excluding carboxylic acids is 1. The maximum absolute atomic E-state index is 12.4. The van der Waals surface area contributed by atoms with Crippen molar-refractivity contribution in [3.8, 4) is 0 Å². The quantitative estimate of drug-likeness (QED) is 0.758. The first kappa shape index (κ1) is 13.5. The molecule has 0 radical (unpaired) electrons. The number of amides is 1. The topological polar surface area (TPSA) is 51.0 Å². The molecule has 1 amide bonds. The minimum Gasteiger partial charge on any atom is -0.333 e. The maximum Gasteiger partial charge on any atom is 0.225 e. The molecule has 0 saturated heterocycles. The van der Waals surface area contributed by atoms with Crippen molar-refractivity contribution < 1.29 is 4.79 Å². The van der Waals surface area contributed by atoms with Gasteiger partial charge < -0.3 is 4.90 Å². The monoisotopic (exact) mass is 260 g/mol. The highest BCUT2D eigenvalue weighted by molar-refractivity contribution is 5.77. The minimum absolute atomic E-state index is 0.155. The first-order chi connectivity index (χ1) is 9.22.